The number of hydrogen-bond donors (Lipinski definition) is 2. The number of aryl methyl sites for hydroxylation is 1. The standard InChI is InChI=1S/C14H21N3O.ClH/c1-11-6-3-4-8-13(11)16-14(18)17-9-5-7-12(10-17)15-2;/h3-4,6,8,12,15H,5,7,9-10H2,1-2H3,(H,16,18);1H/t12-;/m0./s1. The van der Waals surface area contributed by atoms with Crippen LogP contribution in [0.1, 0.15) is 18.4 Å². The molecule has 0 unspecified atom stereocenters. The molecule has 1 aliphatic rings. The van der Waals surface area contributed by atoms with Gasteiger partial charge in [0.2, 0.25) is 0 Å². The first-order valence-corrected chi connectivity index (χ1v) is 6.49. The number of nitrogens with zero attached hydrogens (tertiary/aromatic N) is 1. The van der Waals surface area contributed by atoms with Gasteiger partial charge in [-0.1, -0.05) is 18.2 Å². The SMILES string of the molecule is CN[C@H]1CCCN(C(=O)Nc2ccccc2C)C1.Cl. The molecule has 5 heteroatoms. The van der Waals surface area contributed by atoms with Crippen molar-refractivity contribution >= 4 is 24.1 Å². The topological polar surface area (TPSA) is 44.4 Å². The molecule has 106 valence electrons. The summed E-state index contributed by atoms with van der Waals surface area (Å²) in [5, 5.41) is 6.23. The van der Waals surface area contributed by atoms with Crippen molar-refractivity contribution in [3.63, 3.8) is 0 Å². The summed E-state index contributed by atoms with van der Waals surface area (Å²) < 4.78 is 0. The number of carbonyl (C=O) groups is 1. The van der Waals surface area contributed by atoms with Crippen molar-refractivity contribution < 1.29 is 4.79 Å². The molecule has 19 heavy (non-hydrogen) atoms. The van der Waals surface area contributed by atoms with Gasteiger partial charge >= 0.3 is 6.03 Å². The molecule has 1 aromatic carbocycles. The van der Waals surface area contributed by atoms with Crippen molar-refractivity contribution in [1.29, 1.82) is 0 Å². The lowest BCUT2D eigenvalue weighted by Crippen LogP contribution is -2.48. The second-order valence-corrected chi connectivity index (χ2v) is 4.82. The first-order chi connectivity index (χ1) is 8.70. The molecule has 0 aromatic heterocycles. The van der Waals surface area contributed by atoms with Crippen LogP contribution in [-0.4, -0.2) is 37.1 Å². The quantitative estimate of drug-likeness (QED) is 0.876. The van der Waals surface area contributed by atoms with Crippen LogP contribution >= 0.6 is 12.4 Å². The summed E-state index contributed by atoms with van der Waals surface area (Å²) in [5.41, 5.74) is 1.99. The van der Waals surface area contributed by atoms with Gasteiger partial charge in [0, 0.05) is 24.8 Å². The van der Waals surface area contributed by atoms with E-state index >= 15 is 0 Å². The number of para-hydroxylation sites is 1. The third-order valence-corrected chi connectivity index (χ3v) is 3.50. The Morgan fingerprint density at radius 3 is 2.79 bits per heavy atom. The molecule has 0 saturated carbocycles. The van der Waals surface area contributed by atoms with Crippen LogP contribution < -0.4 is 10.6 Å². The molecule has 0 radical (unpaired) electrons. The smallest absolute Gasteiger partial charge is 0.321 e. The molecule has 2 rings (SSSR count). The largest absolute Gasteiger partial charge is 0.323 e. The molecule has 4 nitrogen and oxygen atoms in total. The Hall–Kier alpha value is -1.26. The maximum atomic E-state index is 12.2. The highest BCUT2D eigenvalue weighted by molar-refractivity contribution is 5.90. The molecule has 1 fully saturated rings. The van der Waals surface area contributed by atoms with E-state index in [9.17, 15) is 4.79 Å². The number of likely N-dealkylation sites (tertiary alicyclic amines) is 1. The normalized spacial score (nSPS) is 18.6. The van der Waals surface area contributed by atoms with E-state index in [4.69, 9.17) is 0 Å². The van der Waals surface area contributed by atoms with Gasteiger partial charge in [0.25, 0.3) is 0 Å². The van der Waals surface area contributed by atoms with E-state index in [1.54, 1.807) is 0 Å². The first-order valence-electron chi connectivity index (χ1n) is 6.49. The zero-order valence-electron chi connectivity index (χ0n) is 11.5. The Morgan fingerprint density at radius 2 is 2.11 bits per heavy atom. The molecule has 1 heterocycles. The van der Waals surface area contributed by atoms with Crippen molar-refractivity contribution in [3.8, 4) is 0 Å². The van der Waals surface area contributed by atoms with E-state index in [-0.39, 0.29) is 18.4 Å². The van der Waals surface area contributed by atoms with E-state index in [1.165, 1.54) is 0 Å². The molecule has 1 saturated heterocycles. The van der Waals surface area contributed by atoms with Gasteiger partial charge in [-0.2, -0.15) is 0 Å². The highest BCUT2D eigenvalue weighted by Crippen LogP contribution is 2.16. The number of rotatable bonds is 2. The minimum atomic E-state index is 0. The summed E-state index contributed by atoms with van der Waals surface area (Å²) in [4.78, 5) is 14.1. The second-order valence-electron chi connectivity index (χ2n) is 4.82. The van der Waals surface area contributed by atoms with E-state index in [2.05, 4.69) is 10.6 Å². The average molecular weight is 284 g/mol. The average Bonchev–Trinajstić information content (AvgIpc) is 2.41. The molecule has 1 aromatic rings. The van der Waals surface area contributed by atoms with Gasteiger partial charge < -0.3 is 15.5 Å². The molecular weight excluding hydrogens is 262 g/mol. The summed E-state index contributed by atoms with van der Waals surface area (Å²) in [6, 6.07) is 8.28. The van der Waals surface area contributed by atoms with E-state index in [0.29, 0.717) is 6.04 Å². The molecule has 1 aliphatic heterocycles. The Morgan fingerprint density at radius 1 is 1.37 bits per heavy atom. The van der Waals surface area contributed by atoms with Gasteiger partial charge in [0.1, 0.15) is 0 Å². The number of nitrogens with one attached hydrogen (secondary N) is 2. The fourth-order valence-corrected chi connectivity index (χ4v) is 2.30. The van der Waals surface area contributed by atoms with Crippen LogP contribution in [0.25, 0.3) is 0 Å². The summed E-state index contributed by atoms with van der Waals surface area (Å²) in [7, 11) is 1.95. The van der Waals surface area contributed by atoms with Crippen LogP contribution in [0.3, 0.4) is 0 Å². The highest BCUT2D eigenvalue weighted by atomic mass is 35.5. The maximum absolute atomic E-state index is 12.2. The summed E-state index contributed by atoms with van der Waals surface area (Å²) >= 11 is 0. The third-order valence-electron chi connectivity index (χ3n) is 3.50. The van der Waals surface area contributed by atoms with Gasteiger partial charge in [0.15, 0.2) is 0 Å². The van der Waals surface area contributed by atoms with Gasteiger partial charge in [0.05, 0.1) is 0 Å². The minimum Gasteiger partial charge on any atom is -0.323 e. The Labute approximate surface area is 121 Å². The third kappa shape index (κ3) is 4.11. The molecule has 0 bridgehead atoms. The van der Waals surface area contributed by atoms with Crippen molar-refractivity contribution in [2.45, 2.75) is 25.8 Å². The summed E-state index contributed by atoms with van der Waals surface area (Å²) in [6.07, 6.45) is 2.21. The van der Waals surface area contributed by atoms with E-state index < -0.39 is 0 Å². The zero-order chi connectivity index (χ0) is 13.0. The summed E-state index contributed by atoms with van der Waals surface area (Å²) in [6.45, 7) is 3.63. The van der Waals surface area contributed by atoms with Crippen LogP contribution in [0.5, 0.6) is 0 Å². The fraction of sp³-hybridized carbons (Fsp3) is 0.500. The van der Waals surface area contributed by atoms with Gasteiger partial charge in [-0.05, 0) is 38.4 Å². The zero-order valence-corrected chi connectivity index (χ0v) is 12.3. The van der Waals surface area contributed by atoms with E-state index in [0.717, 1.165) is 37.2 Å². The second kappa shape index (κ2) is 7.36. The summed E-state index contributed by atoms with van der Waals surface area (Å²) in [5.74, 6) is 0. The number of likely N-dealkylation sites (N-methyl/N-ethyl adjacent to an activating group) is 1. The Balaban J connectivity index is 0.00000180. The molecule has 0 spiro atoms. The number of anilines is 1. The number of urea groups is 1. The number of amides is 2. The van der Waals surface area contributed by atoms with Crippen molar-refractivity contribution in [2.75, 3.05) is 25.5 Å². The lowest BCUT2D eigenvalue weighted by molar-refractivity contribution is 0.187. The van der Waals surface area contributed by atoms with Crippen molar-refractivity contribution in [2.24, 2.45) is 0 Å². The van der Waals surface area contributed by atoms with Crippen LogP contribution in [0.2, 0.25) is 0 Å². The number of halogens is 1. The molecule has 2 amide bonds. The van der Waals surface area contributed by atoms with Crippen LogP contribution in [-0.2, 0) is 0 Å². The lowest BCUT2D eigenvalue weighted by atomic mass is 10.1. The number of benzene rings is 1. The predicted molar refractivity (Wildman–Crippen MR) is 81.1 cm³/mol. The van der Waals surface area contributed by atoms with Crippen LogP contribution in [0.15, 0.2) is 24.3 Å². The monoisotopic (exact) mass is 283 g/mol. The molecular formula is C14H22ClN3O. The van der Waals surface area contributed by atoms with E-state index in [1.807, 2.05) is 43.1 Å². The maximum Gasteiger partial charge on any atom is 0.321 e. The van der Waals surface area contributed by atoms with Crippen molar-refractivity contribution in [1.82, 2.24) is 10.2 Å². The van der Waals surface area contributed by atoms with Crippen molar-refractivity contribution in [3.05, 3.63) is 29.8 Å². The predicted octanol–water partition coefficient (Wildman–Crippen LogP) is 2.63. The molecule has 1 atom stereocenters. The lowest BCUT2D eigenvalue weighted by Gasteiger charge is -2.32. The Bertz CT molecular complexity index is 425. The van der Waals surface area contributed by atoms with Crippen LogP contribution in [0.4, 0.5) is 10.5 Å². The van der Waals surface area contributed by atoms with Gasteiger partial charge in [-0.3, -0.25) is 0 Å². The molecule has 0 aliphatic carbocycles. The van der Waals surface area contributed by atoms with Gasteiger partial charge in [-0.25, -0.2) is 4.79 Å². The number of carbonyl (C=O) groups excluding carboxylic acids is 1. The fourth-order valence-electron chi connectivity index (χ4n) is 2.30. The Kier molecular flexibility index (Phi) is 6.12. The number of hydrogen-bond acceptors (Lipinski definition) is 2. The highest BCUT2D eigenvalue weighted by Gasteiger charge is 2.22. The first kappa shape index (κ1) is 15.8. The van der Waals surface area contributed by atoms with Gasteiger partial charge in [-0.15, -0.1) is 12.4 Å². The van der Waals surface area contributed by atoms with Crippen LogP contribution in [0, 0.1) is 6.92 Å². The minimum absolute atomic E-state index is 0. The number of piperidine rings is 1. The molecule has 2 N–H and O–H groups in total.